The van der Waals surface area contributed by atoms with Gasteiger partial charge in [-0.2, -0.15) is 13.2 Å². The zero-order valence-corrected chi connectivity index (χ0v) is 12.9. The minimum atomic E-state index is -4.35. The molecule has 1 N–H and O–H groups in total. The predicted molar refractivity (Wildman–Crippen MR) is 75.7 cm³/mol. The summed E-state index contributed by atoms with van der Waals surface area (Å²) in [5, 5.41) is 3.53. The van der Waals surface area contributed by atoms with Gasteiger partial charge in [0.25, 0.3) is 0 Å². The lowest BCUT2D eigenvalue weighted by Crippen LogP contribution is -2.35. The monoisotopic (exact) mass is 351 g/mol. The lowest BCUT2D eigenvalue weighted by Gasteiger charge is -2.21. The summed E-state index contributed by atoms with van der Waals surface area (Å²) in [6, 6.07) is 4.64. The lowest BCUT2D eigenvalue weighted by molar-refractivity contribution is -0.137. The molecule has 6 heteroatoms. The van der Waals surface area contributed by atoms with Gasteiger partial charge in [-0.25, -0.2) is 0 Å². The maximum Gasteiger partial charge on any atom is 0.416 e. The van der Waals surface area contributed by atoms with Crippen LogP contribution in [0.25, 0.3) is 0 Å². The Morgan fingerprint density at radius 1 is 1.20 bits per heavy atom. The van der Waals surface area contributed by atoms with Crippen molar-refractivity contribution in [1.29, 1.82) is 0 Å². The fourth-order valence-corrected chi connectivity index (χ4v) is 1.64. The Labute approximate surface area is 124 Å². The molecule has 2 nitrogen and oxygen atoms in total. The SMILES string of the molecule is CC(C)(CBr)CNC(=O)Cc1ccc(C(F)(F)F)cc1. The minimum absolute atomic E-state index is 0.0597. The summed E-state index contributed by atoms with van der Waals surface area (Å²) in [7, 11) is 0. The number of halogens is 4. The molecule has 0 aliphatic heterocycles. The Bertz CT molecular complexity index is 454. The molecule has 0 radical (unpaired) electrons. The average Bonchev–Trinajstić information content (AvgIpc) is 2.36. The van der Waals surface area contributed by atoms with E-state index in [9.17, 15) is 18.0 Å². The maximum absolute atomic E-state index is 12.4. The van der Waals surface area contributed by atoms with Gasteiger partial charge in [-0.3, -0.25) is 4.79 Å². The van der Waals surface area contributed by atoms with Crippen molar-refractivity contribution in [1.82, 2.24) is 5.32 Å². The highest BCUT2D eigenvalue weighted by Crippen LogP contribution is 2.29. The van der Waals surface area contributed by atoms with Gasteiger partial charge in [0.05, 0.1) is 12.0 Å². The number of rotatable bonds is 5. The van der Waals surface area contributed by atoms with Crippen LogP contribution in [0.3, 0.4) is 0 Å². The van der Waals surface area contributed by atoms with Crippen molar-refractivity contribution in [3.63, 3.8) is 0 Å². The second-order valence-electron chi connectivity index (χ2n) is 5.45. The standard InChI is InChI=1S/C14H17BrF3NO/c1-13(2,8-15)9-19-12(20)7-10-3-5-11(6-4-10)14(16,17)18/h3-6H,7-9H2,1-2H3,(H,19,20). The van der Waals surface area contributed by atoms with Crippen LogP contribution in [0.5, 0.6) is 0 Å². The fraction of sp³-hybridized carbons (Fsp3) is 0.500. The molecule has 0 fully saturated rings. The van der Waals surface area contributed by atoms with Gasteiger partial charge in [0.1, 0.15) is 0 Å². The molecule has 0 aliphatic carbocycles. The van der Waals surface area contributed by atoms with E-state index in [1.54, 1.807) is 0 Å². The summed E-state index contributed by atoms with van der Waals surface area (Å²) in [5.41, 5.74) is -0.204. The molecular formula is C14H17BrF3NO. The van der Waals surface area contributed by atoms with Gasteiger partial charge in [-0.05, 0) is 23.1 Å². The first-order valence-corrected chi connectivity index (χ1v) is 7.25. The molecule has 1 rings (SSSR count). The number of hydrogen-bond donors (Lipinski definition) is 1. The highest BCUT2D eigenvalue weighted by molar-refractivity contribution is 9.09. The molecule has 112 valence electrons. The molecule has 0 atom stereocenters. The molecule has 0 bridgehead atoms. The number of hydrogen-bond acceptors (Lipinski definition) is 1. The molecule has 1 aromatic rings. The van der Waals surface area contributed by atoms with Crippen LogP contribution >= 0.6 is 15.9 Å². The quantitative estimate of drug-likeness (QED) is 0.803. The van der Waals surface area contributed by atoms with E-state index in [0.717, 1.165) is 17.5 Å². The molecule has 1 aromatic carbocycles. The van der Waals surface area contributed by atoms with Gasteiger partial charge in [0.2, 0.25) is 5.91 Å². The van der Waals surface area contributed by atoms with Gasteiger partial charge in [0.15, 0.2) is 0 Å². The van der Waals surface area contributed by atoms with Crippen LogP contribution in [0.15, 0.2) is 24.3 Å². The van der Waals surface area contributed by atoms with Crippen LogP contribution in [0.2, 0.25) is 0 Å². The molecular weight excluding hydrogens is 335 g/mol. The summed E-state index contributed by atoms with van der Waals surface area (Å²) >= 11 is 3.36. The largest absolute Gasteiger partial charge is 0.416 e. The Balaban J connectivity index is 2.55. The van der Waals surface area contributed by atoms with Crippen molar-refractivity contribution in [2.45, 2.75) is 26.4 Å². The minimum Gasteiger partial charge on any atom is -0.355 e. The highest BCUT2D eigenvalue weighted by atomic mass is 79.9. The molecule has 0 heterocycles. The maximum atomic E-state index is 12.4. The van der Waals surface area contributed by atoms with Crippen molar-refractivity contribution in [3.8, 4) is 0 Å². The molecule has 0 aliphatic rings. The Morgan fingerprint density at radius 3 is 2.20 bits per heavy atom. The molecule has 20 heavy (non-hydrogen) atoms. The lowest BCUT2D eigenvalue weighted by atomic mass is 9.97. The third-order valence-corrected chi connectivity index (χ3v) is 4.29. The number of alkyl halides is 4. The van der Waals surface area contributed by atoms with Crippen molar-refractivity contribution >= 4 is 21.8 Å². The van der Waals surface area contributed by atoms with Gasteiger partial charge in [0, 0.05) is 11.9 Å². The van der Waals surface area contributed by atoms with Gasteiger partial charge < -0.3 is 5.32 Å². The third-order valence-electron chi connectivity index (χ3n) is 2.77. The molecule has 0 aromatic heterocycles. The second kappa shape index (κ2) is 6.61. The van der Waals surface area contributed by atoms with E-state index in [-0.39, 0.29) is 17.7 Å². The molecule has 0 saturated heterocycles. The van der Waals surface area contributed by atoms with Gasteiger partial charge >= 0.3 is 6.18 Å². The van der Waals surface area contributed by atoms with Crippen molar-refractivity contribution < 1.29 is 18.0 Å². The van der Waals surface area contributed by atoms with E-state index in [0.29, 0.717) is 12.1 Å². The van der Waals surface area contributed by atoms with Crippen molar-refractivity contribution in [2.24, 2.45) is 5.41 Å². The smallest absolute Gasteiger partial charge is 0.355 e. The van der Waals surface area contributed by atoms with Crippen LogP contribution in [-0.2, 0) is 17.4 Å². The normalized spacial score (nSPS) is 12.3. The van der Waals surface area contributed by atoms with E-state index < -0.39 is 11.7 Å². The van der Waals surface area contributed by atoms with Crippen LogP contribution in [0.1, 0.15) is 25.0 Å². The molecule has 0 spiro atoms. The third kappa shape index (κ3) is 5.53. The zero-order valence-electron chi connectivity index (χ0n) is 11.4. The Kier molecular flexibility index (Phi) is 5.62. The van der Waals surface area contributed by atoms with Crippen LogP contribution < -0.4 is 5.32 Å². The van der Waals surface area contributed by atoms with Crippen LogP contribution in [-0.4, -0.2) is 17.8 Å². The van der Waals surface area contributed by atoms with E-state index in [4.69, 9.17) is 0 Å². The number of nitrogens with one attached hydrogen (secondary N) is 1. The first-order valence-electron chi connectivity index (χ1n) is 6.13. The summed E-state index contributed by atoms with van der Waals surface area (Å²) < 4.78 is 37.2. The van der Waals surface area contributed by atoms with Gasteiger partial charge in [-0.15, -0.1) is 0 Å². The first kappa shape index (κ1) is 17.0. The van der Waals surface area contributed by atoms with Gasteiger partial charge in [-0.1, -0.05) is 41.9 Å². The number of carbonyl (C=O) groups excluding carboxylic acids is 1. The number of benzene rings is 1. The second-order valence-corrected chi connectivity index (χ2v) is 6.01. The summed E-state index contributed by atoms with van der Waals surface area (Å²) in [5.74, 6) is -0.196. The molecule has 0 unspecified atom stereocenters. The number of amides is 1. The summed E-state index contributed by atoms with van der Waals surface area (Å²) in [4.78, 5) is 11.7. The highest BCUT2D eigenvalue weighted by Gasteiger charge is 2.30. The van der Waals surface area contributed by atoms with E-state index in [2.05, 4.69) is 21.2 Å². The van der Waals surface area contributed by atoms with Crippen molar-refractivity contribution in [3.05, 3.63) is 35.4 Å². The first-order chi connectivity index (χ1) is 9.14. The van der Waals surface area contributed by atoms with Crippen LogP contribution in [0, 0.1) is 5.41 Å². The van der Waals surface area contributed by atoms with Crippen molar-refractivity contribution in [2.75, 3.05) is 11.9 Å². The Morgan fingerprint density at radius 2 is 1.75 bits per heavy atom. The summed E-state index contributed by atoms with van der Waals surface area (Å²) in [6.07, 6.45) is -4.27. The van der Waals surface area contributed by atoms with Crippen LogP contribution in [0.4, 0.5) is 13.2 Å². The van der Waals surface area contributed by atoms with E-state index in [1.807, 2.05) is 13.8 Å². The topological polar surface area (TPSA) is 29.1 Å². The molecule has 0 saturated carbocycles. The molecule has 1 amide bonds. The fourth-order valence-electron chi connectivity index (χ4n) is 1.44. The van der Waals surface area contributed by atoms with E-state index >= 15 is 0 Å². The predicted octanol–water partition coefficient (Wildman–Crippen LogP) is 3.79. The number of carbonyl (C=O) groups is 1. The average molecular weight is 352 g/mol. The van der Waals surface area contributed by atoms with E-state index in [1.165, 1.54) is 12.1 Å². The zero-order chi connectivity index (χ0) is 15.4. The Hall–Kier alpha value is -1.04. The summed E-state index contributed by atoms with van der Waals surface area (Å²) in [6.45, 7) is 4.51.